The Balaban J connectivity index is 1.89. The minimum atomic E-state index is -0.901. The molecule has 0 spiro atoms. The summed E-state index contributed by atoms with van der Waals surface area (Å²) in [6.45, 7) is 0. The molecule has 1 amide bonds. The van der Waals surface area contributed by atoms with Gasteiger partial charge in [0, 0.05) is 16.3 Å². The maximum atomic E-state index is 13.3. The van der Waals surface area contributed by atoms with Gasteiger partial charge in [0.05, 0.1) is 22.2 Å². The van der Waals surface area contributed by atoms with E-state index in [0.29, 0.717) is 21.8 Å². The zero-order valence-corrected chi connectivity index (χ0v) is 17.4. The largest absolute Gasteiger partial charge is 0.503 e. The highest BCUT2D eigenvalue weighted by molar-refractivity contribution is 6.32. The average molecular weight is 449 g/mol. The minimum Gasteiger partial charge on any atom is -0.503 e. The molecule has 0 radical (unpaired) electrons. The maximum Gasteiger partial charge on any atom is 0.294 e. The number of anilines is 1. The number of hydrogen-bond acceptors (Lipinski definition) is 4. The number of aliphatic hydroxyl groups excluding tert-OH is 1. The van der Waals surface area contributed by atoms with Gasteiger partial charge < -0.3 is 5.11 Å². The third-order valence-electron chi connectivity index (χ3n) is 5.03. The minimum absolute atomic E-state index is 0.0426. The van der Waals surface area contributed by atoms with E-state index in [9.17, 15) is 14.7 Å². The molecule has 0 fully saturated rings. The van der Waals surface area contributed by atoms with Crippen molar-refractivity contribution in [2.45, 2.75) is 6.04 Å². The summed E-state index contributed by atoms with van der Waals surface area (Å²) >= 11 is 12.2. The van der Waals surface area contributed by atoms with Gasteiger partial charge in [0.25, 0.3) is 5.91 Å². The summed E-state index contributed by atoms with van der Waals surface area (Å²) in [5, 5.41) is 20.5. The quantitative estimate of drug-likeness (QED) is 0.522. The van der Waals surface area contributed by atoms with E-state index in [1.165, 1.54) is 17.0 Å². The van der Waals surface area contributed by atoms with Gasteiger partial charge in [0.1, 0.15) is 6.07 Å². The van der Waals surface area contributed by atoms with E-state index >= 15 is 0 Å². The van der Waals surface area contributed by atoms with Crippen molar-refractivity contribution < 1.29 is 14.7 Å². The molecule has 3 aromatic rings. The molecule has 1 unspecified atom stereocenters. The van der Waals surface area contributed by atoms with E-state index in [2.05, 4.69) is 0 Å². The lowest BCUT2D eigenvalue weighted by Gasteiger charge is -2.27. The highest BCUT2D eigenvalue weighted by atomic mass is 35.5. The molecule has 31 heavy (non-hydrogen) atoms. The number of carbonyl (C=O) groups excluding carboxylic acids is 2. The van der Waals surface area contributed by atoms with Crippen LogP contribution in [-0.4, -0.2) is 16.8 Å². The van der Waals surface area contributed by atoms with Gasteiger partial charge >= 0.3 is 0 Å². The SMILES string of the molecule is N#Cc1ccc(N2C(=O)C(O)=C(C(=O)c3ccccc3)C2c2ccc(Cl)cc2)cc1Cl. The third-order valence-corrected chi connectivity index (χ3v) is 5.59. The average Bonchev–Trinajstić information content (AvgIpc) is 3.05. The fourth-order valence-corrected chi connectivity index (χ4v) is 3.90. The highest BCUT2D eigenvalue weighted by Gasteiger charge is 2.44. The Morgan fingerprint density at radius 2 is 1.68 bits per heavy atom. The van der Waals surface area contributed by atoms with Crippen LogP contribution in [0.1, 0.15) is 27.5 Å². The van der Waals surface area contributed by atoms with Crippen molar-refractivity contribution in [1.82, 2.24) is 0 Å². The third kappa shape index (κ3) is 3.68. The lowest BCUT2D eigenvalue weighted by atomic mass is 9.92. The van der Waals surface area contributed by atoms with Gasteiger partial charge in [-0.2, -0.15) is 5.26 Å². The molecule has 7 heteroatoms. The topological polar surface area (TPSA) is 81.4 Å². The van der Waals surface area contributed by atoms with Gasteiger partial charge in [0.15, 0.2) is 11.5 Å². The van der Waals surface area contributed by atoms with Crippen molar-refractivity contribution in [3.8, 4) is 6.07 Å². The van der Waals surface area contributed by atoms with Crippen LogP contribution in [0.25, 0.3) is 0 Å². The number of benzene rings is 3. The fraction of sp³-hybridized carbons (Fsp3) is 0.0417. The van der Waals surface area contributed by atoms with Crippen LogP contribution in [0.2, 0.25) is 10.0 Å². The van der Waals surface area contributed by atoms with Crippen molar-refractivity contribution in [3.63, 3.8) is 0 Å². The first kappa shape index (κ1) is 20.7. The Labute approximate surface area is 188 Å². The molecule has 4 rings (SSSR count). The lowest BCUT2D eigenvalue weighted by molar-refractivity contribution is -0.117. The molecule has 1 aliphatic heterocycles. The second kappa shape index (κ2) is 8.27. The molecule has 0 aromatic heterocycles. The molecule has 1 heterocycles. The van der Waals surface area contributed by atoms with Gasteiger partial charge in [-0.1, -0.05) is 65.7 Å². The van der Waals surface area contributed by atoms with Crippen molar-refractivity contribution >= 4 is 40.6 Å². The van der Waals surface area contributed by atoms with E-state index < -0.39 is 23.5 Å². The van der Waals surface area contributed by atoms with Crippen LogP contribution >= 0.6 is 23.2 Å². The fourth-order valence-electron chi connectivity index (χ4n) is 3.55. The summed E-state index contributed by atoms with van der Waals surface area (Å²) in [5.41, 5.74) is 1.48. The van der Waals surface area contributed by atoms with E-state index in [4.69, 9.17) is 28.5 Å². The molecule has 0 saturated carbocycles. The van der Waals surface area contributed by atoms with Crippen LogP contribution in [0, 0.1) is 11.3 Å². The lowest BCUT2D eigenvalue weighted by Crippen LogP contribution is -2.31. The Hall–Kier alpha value is -3.59. The first-order valence-corrected chi connectivity index (χ1v) is 9.99. The van der Waals surface area contributed by atoms with E-state index in [1.807, 2.05) is 6.07 Å². The second-order valence-electron chi connectivity index (χ2n) is 6.86. The number of aliphatic hydroxyl groups is 1. The van der Waals surface area contributed by atoms with Crippen LogP contribution < -0.4 is 4.90 Å². The molecule has 0 saturated heterocycles. The van der Waals surface area contributed by atoms with Crippen LogP contribution in [0.5, 0.6) is 0 Å². The van der Waals surface area contributed by atoms with Gasteiger partial charge in [0.2, 0.25) is 0 Å². The predicted molar refractivity (Wildman–Crippen MR) is 118 cm³/mol. The van der Waals surface area contributed by atoms with E-state index in [-0.39, 0.29) is 16.2 Å². The molecule has 5 nitrogen and oxygen atoms in total. The number of ketones is 1. The van der Waals surface area contributed by atoms with E-state index in [1.54, 1.807) is 60.7 Å². The molecule has 3 aromatic carbocycles. The number of nitrogens with zero attached hydrogens (tertiary/aromatic N) is 2. The van der Waals surface area contributed by atoms with Gasteiger partial charge in [-0.05, 0) is 35.9 Å². The highest BCUT2D eigenvalue weighted by Crippen LogP contribution is 2.42. The zero-order chi connectivity index (χ0) is 22.1. The van der Waals surface area contributed by atoms with Gasteiger partial charge in [-0.25, -0.2) is 0 Å². The number of hydrogen-bond donors (Lipinski definition) is 1. The zero-order valence-electron chi connectivity index (χ0n) is 15.9. The standard InChI is InChI=1S/C24H14Cl2N2O3/c25-17-9-6-14(7-10-17)21-20(22(29)15-4-2-1-3-5-15)23(30)24(31)28(21)18-11-8-16(13-27)19(26)12-18/h1-12,21,30H. The van der Waals surface area contributed by atoms with Crippen molar-refractivity contribution in [3.05, 3.63) is 111 Å². The Kier molecular flexibility index (Phi) is 5.51. The first-order chi connectivity index (χ1) is 14.9. The molecular formula is C24H14Cl2N2O3. The van der Waals surface area contributed by atoms with Crippen LogP contribution in [-0.2, 0) is 4.79 Å². The number of carbonyl (C=O) groups is 2. The Morgan fingerprint density at radius 3 is 2.29 bits per heavy atom. The molecule has 1 atom stereocenters. The molecule has 0 aliphatic carbocycles. The molecule has 1 N–H and O–H groups in total. The van der Waals surface area contributed by atoms with Crippen LogP contribution in [0.15, 0.2) is 84.1 Å². The summed E-state index contributed by atoms with van der Waals surface area (Å²) in [5.74, 6) is -1.83. The molecule has 0 bridgehead atoms. The van der Waals surface area contributed by atoms with Crippen molar-refractivity contribution in [1.29, 1.82) is 5.26 Å². The second-order valence-corrected chi connectivity index (χ2v) is 7.71. The normalized spacial score (nSPS) is 15.8. The van der Waals surface area contributed by atoms with Gasteiger partial charge in [-0.15, -0.1) is 0 Å². The number of amides is 1. The Morgan fingerprint density at radius 1 is 1.00 bits per heavy atom. The number of rotatable bonds is 4. The molecule has 1 aliphatic rings. The smallest absolute Gasteiger partial charge is 0.294 e. The number of nitriles is 1. The summed E-state index contributed by atoms with van der Waals surface area (Å²) < 4.78 is 0. The monoisotopic (exact) mass is 448 g/mol. The number of Topliss-reactive ketones (excluding diaryl/α,β-unsaturated/α-hetero) is 1. The Bertz CT molecular complexity index is 1260. The predicted octanol–water partition coefficient (Wildman–Crippen LogP) is 5.65. The summed E-state index contributed by atoms with van der Waals surface area (Å²) in [6.07, 6.45) is 0. The first-order valence-electron chi connectivity index (χ1n) is 9.24. The summed E-state index contributed by atoms with van der Waals surface area (Å²) in [7, 11) is 0. The summed E-state index contributed by atoms with van der Waals surface area (Å²) in [4.78, 5) is 27.7. The molecular weight excluding hydrogens is 435 g/mol. The van der Waals surface area contributed by atoms with Gasteiger partial charge in [-0.3, -0.25) is 14.5 Å². The maximum absolute atomic E-state index is 13.3. The summed E-state index contributed by atoms with van der Waals surface area (Å²) in [6, 6.07) is 20.6. The van der Waals surface area contributed by atoms with Crippen LogP contribution in [0.4, 0.5) is 5.69 Å². The van der Waals surface area contributed by atoms with Crippen molar-refractivity contribution in [2.75, 3.05) is 4.90 Å². The number of halogens is 2. The molecule has 152 valence electrons. The van der Waals surface area contributed by atoms with Crippen LogP contribution in [0.3, 0.4) is 0 Å². The van der Waals surface area contributed by atoms with Crippen molar-refractivity contribution in [2.24, 2.45) is 0 Å². The van der Waals surface area contributed by atoms with E-state index in [0.717, 1.165) is 0 Å².